The Morgan fingerprint density at radius 3 is 2.20 bits per heavy atom. The van der Waals surface area contributed by atoms with Crippen molar-refractivity contribution < 1.29 is 35.9 Å². The van der Waals surface area contributed by atoms with E-state index in [0.717, 1.165) is 24.3 Å². The number of benzene rings is 4. The zero-order valence-electron chi connectivity index (χ0n) is 20.6. The molecule has 0 saturated carbocycles. The highest BCUT2D eigenvalue weighted by atomic mass is 19.3. The van der Waals surface area contributed by atoms with Crippen LogP contribution in [0.15, 0.2) is 97.1 Å². The summed E-state index contributed by atoms with van der Waals surface area (Å²) in [5, 5.41) is 12.1. The second-order valence-corrected chi connectivity index (χ2v) is 8.86. The molecule has 4 nitrogen and oxygen atoms in total. The Bertz CT molecular complexity index is 1540. The number of nitriles is 1. The fourth-order valence-electron chi connectivity index (χ4n) is 4.26. The van der Waals surface area contributed by atoms with Gasteiger partial charge in [0.1, 0.15) is 17.4 Å². The Balaban J connectivity index is 1.95. The topological polar surface area (TPSA) is 62.1 Å². The number of alkyl halides is 4. The summed E-state index contributed by atoms with van der Waals surface area (Å²) in [6.45, 7) is 0. The average Bonchev–Trinajstić information content (AvgIpc) is 2.93. The van der Waals surface area contributed by atoms with Crippen LogP contribution >= 0.6 is 0 Å². The largest absolute Gasteiger partial charge is 0.461 e. The highest BCUT2D eigenvalue weighted by Gasteiger charge is 2.45. The van der Waals surface area contributed by atoms with E-state index >= 15 is 0 Å². The minimum Gasteiger partial charge on any atom is -0.428 e. The number of carbonyl (C=O) groups excluding carboxylic acids is 1. The number of ether oxygens (including phenoxy) is 1. The van der Waals surface area contributed by atoms with Crippen LogP contribution in [0.1, 0.15) is 32.6 Å². The summed E-state index contributed by atoms with van der Waals surface area (Å²) in [7, 11) is 0. The minimum absolute atomic E-state index is 0.0516. The summed E-state index contributed by atoms with van der Waals surface area (Å²) in [6.07, 6.45) is -9.22. The van der Waals surface area contributed by atoms with Gasteiger partial charge in [0, 0.05) is 18.1 Å². The second kappa shape index (κ2) is 11.5. The maximum absolute atomic E-state index is 14.9. The number of rotatable bonds is 9. The highest BCUT2D eigenvalue weighted by Crippen LogP contribution is 2.38. The maximum Gasteiger partial charge on any atom is 0.461 e. The van der Waals surface area contributed by atoms with Crippen molar-refractivity contribution in [3.63, 3.8) is 0 Å². The molecule has 0 bridgehead atoms. The van der Waals surface area contributed by atoms with Crippen LogP contribution in [0, 0.1) is 23.0 Å². The third-order valence-corrected chi connectivity index (χ3v) is 6.10. The van der Waals surface area contributed by atoms with E-state index in [2.05, 4.69) is 10.1 Å². The molecule has 0 aliphatic carbocycles. The molecule has 0 aliphatic rings. The maximum atomic E-state index is 14.9. The predicted octanol–water partition coefficient (Wildman–Crippen LogP) is 6.99. The van der Waals surface area contributed by atoms with Crippen molar-refractivity contribution in [3.05, 3.63) is 137 Å². The molecule has 1 atom stereocenters. The fraction of sp³-hybridized carbons (Fsp3) is 0.133. The van der Waals surface area contributed by atoms with E-state index in [1.807, 2.05) is 6.07 Å². The van der Waals surface area contributed by atoms with Crippen molar-refractivity contribution in [2.45, 2.75) is 24.5 Å². The molecule has 0 heterocycles. The van der Waals surface area contributed by atoms with Gasteiger partial charge in [0.15, 0.2) is 0 Å². The number of carbonyl (C=O) groups is 1. The van der Waals surface area contributed by atoms with Gasteiger partial charge >= 0.3 is 12.5 Å². The lowest BCUT2D eigenvalue weighted by Crippen LogP contribution is -2.48. The normalized spacial score (nSPS) is 12.8. The van der Waals surface area contributed by atoms with Gasteiger partial charge in [0.2, 0.25) is 0 Å². The Labute approximate surface area is 225 Å². The quantitative estimate of drug-likeness (QED) is 0.227. The van der Waals surface area contributed by atoms with E-state index in [-0.39, 0.29) is 28.7 Å². The standard InChI is InChI=1S/C30H20F6N2O2/c31-24-11-9-22(10-12-24)29(17-19-5-2-1-3-6-19,38-27(39)21-8-4-7-20(13-21)18-37)23-14-25(32)16-26(15-23)40-30(35,36)28(33)34/h1-16,28H,17H2,(H,38,39). The molecule has 0 spiro atoms. The number of hydrogen-bond donors (Lipinski definition) is 1. The number of halogens is 6. The highest BCUT2D eigenvalue weighted by molar-refractivity contribution is 5.95. The number of nitrogens with zero attached hydrogens (tertiary/aromatic N) is 1. The van der Waals surface area contributed by atoms with Crippen molar-refractivity contribution >= 4 is 5.91 Å². The first-order valence-electron chi connectivity index (χ1n) is 11.8. The third kappa shape index (κ3) is 6.26. The van der Waals surface area contributed by atoms with Crippen LogP contribution in [0.2, 0.25) is 0 Å². The molecule has 10 heteroatoms. The third-order valence-electron chi connectivity index (χ3n) is 6.10. The van der Waals surface area contributed by atoms with Crippen molar-refractivity contribution in [2.24, 2.45) is 0 Å². The van der Waals surface area contributed by atoms with Crippen molar-refractivity contribution in [3.8, 4) is 11.8 Å². The van der Waals surface area contributed by atoms with Gasteiger partial charge in [-0.2, -0.15) is 22.8 Å². The number of nitrogens with one attached hydrogen (secondary N) is 1. The fourth-order valence-corrected chi connectivity index (χ4v) is 4.26. The summed E-state index contributed by atoms with van der Waals surface area (Å²) in [6, 6.07) is 23.3. The molecule has 40 heavy (non-hydrogen) atoms. The lowest BCUT2D eigenvalue weighted by Gasteiger charge is -2.37. The minimum atomic E-state index is -4.93. The first-order valence-corrected chi connectivity index (χ1v) is 11.8. The van der Waals surface area contributed by atoms with Gasteiger partial charge in [-0.15, -0.1) is 0 Å². The van der Waals surface area contributed by atoms with E-state index in [1.54, 1.807) is 30.3 Å². The van der Waals surface area contributed by atoms with Gasteiger partial charge in [-0.05, 0) is 59.2 Å². The Hall–Kier alpha value is -4.78. The van der Waals surface area contributed by atoms with Crippen LogP contribution in [0.5, 0.6) is 5.75 Å². The molecule has 4 aromatic carbocycles. The van der Waals surface area contributed by atoms with Crippen LogP contribution in [0.3, 0.4) is 0 Å². The van der Waals surface area contributed by atoms with E-state index in [4.69, 9.17) is 0 Å². The average molecular weight is 554 g/mol. The Morgan fingerprint density at radius 2 is 1.55 bits per heavy atom. The molecule has 0 radical (unpaired) electrons. The van der Waals surface area contributed by atoms with Crippen LogP contribution < -0.4 is 10.1 Å². The van der Waals surface area contributed by atoms with Gasteiger partial charge in [-0.3, -0.25) is 4.79 Å². The van der Waals surface area contributed by atoms with E-state index in [0.29, 0.717) is 11.6 Å². The van der Waals surface area contributed by atoms with Crippen molar-refractivity contribution in [2.75, 3.05) is 0 Å². The number of hydrogen-bond acceptors (Lipinski definition) is 3. The first kappa shape index (κ1) is 28.2. The summed E-state index contributed by atoms with van der Waals surface area (Å²) >= 11 is 0. The predicted molar refractivity (Wildman–Crippen MR) is 134 cm³/mol. The molecule has 0 aromatic heterocycles. The molecule has 0 saturated heterocycles. The Kier molecular flexibility index (Phi) is 8.14. The van der Waals surface area contributed by atoms with Crippen molar-refractivity contribution in [1.29, 1.82) is 5.26 Å². The molecule has 204 valence electrons. The Morgan fingerprint density at radius 1 is 0.850 bits per heavy atom. The lowest BCUT2D eigenvalue weighted by molar-refractivity contribution is -0.253. The second-order valence-electron chi connectivity index (χ2n) is 8.86. The molecular weight excluding hydrogens is 534 g/mol. The molecular formula is C30H20F6N2O2. The van der Waals surface area contributed by atoms with Crippen LogP contribution in [0.25, 0.3) is 0 Å². The lowest BCUT2D eigenvalue weighted by atomic mass is 9.77. The van der Waals surface area contributed by atoms with Gasteiger partial charge < -0.3 is 10.1 Å². The molecule has 1 unspecified atom stereocenters. The van der Waals surface area contributed by atoms with Gasteiger partial charge in [-0.25, -0.2) is 8.78 Å². The van der Waals surface area contributed by atoms with Crippen molar-refractivity contribution in [1.82, 2.24) is 5.32 Å². The van der Waals surface area contributed by atoms with E-state index in [9.17, 15) is 36.4 Å². The number of amides is 1. The summed E-state index contributed by atoms with van der Waals surface area (Å²) < 4.78 is 86.3. The van der Waals surface area contributed by atoms with E-state index in [1.165, 1.54) is 36.4 Å². The smallest absolute Gasteiger partial charge is 0.428 e. The molecule has 1 amide bonds. The molecule has 4 rings (SSSR count). The molecule has 0 aliphatic heterocycles. The summed E-state index contributed by atoms with van der Waals surface area (Å²) in [5.41, 5.74) is -0.848. The van der Waals surface area contributed by atoms with Gasteiger partial charge in [0.05, 0.1) is 17.2 Å². The van der Waals surface area contributed by atoms with Crippen LogP contribution in [-0.2, 0) is 12.0 Å². The monoisotopic (exact) mass is 554 g/mol. The molecule has 4 aromatic rings. The van der Waals surface area contributed by atoms with E-state index < -0.39 is 41.4 Å². The van der Waals surface area contributed by atoms with Crippen LogP contribution in [0.4, 0.5) is 26.3 Å². The van der Waals surface area contributed by atoms with Gasteiger partial charge in [0.25, 0.3) is 5.91 Å². The first-order chi connectivity index (χ1) is 19.0. The molecule has 1 N–H and O–H groups in total. The SMILES string of the molecule is N#Cc1cccc(C(=O)NC(Cc2ccccc2)(c2ccc(F)cc2)c2cc(F)cc(OC(F)(F)C(F)F)c2)c1. The van der Waals surface area contributed by atoms with Gasteiger partial charge in [-0.1, -0.05) is 48.5 Å². The zero-order chi connectivity index (χ0) is 28.9. The molecule has 0 fully saturated rings. The summed E-state index contributed by atoms with van der Waals surface area (Å²) in [5.74, 6) is -3.38. The van der Waals surface area contributed by atoms with Crippen LogP contribution in [-0.4, -0.2) is 18.4 Å². The summed E-state index contributed by atoms with van der Waals surface area (Å²) in [4.78, 5) is 13.6. The zero-order valence-corrected chi connectivity index (χ0v) is 20.6.